The van der Waals surface area contributed by atoms with Crippen molar-refractivity contribution < 1.29 is 4.74 Å². The lowest BCUT2D eigenvalue weighted by Crippen LogP contribution is -2.38. The van der Waals surface area contributed by atoms with Crippen molar-refractivity contribution in [2.24, 2.45) is 7.05 Å². The summed E-state index contributed by atoms with van der Waals surface area (Å²) in [5, 5.41) is 6.91. The van der Waals surface area contributed by atoms with E-state index in [0.29, 0.717) is 35.4 Å². The molecule has 3 heterocycles. The maximum Gasteiger partial charge on any atom is 0.277 e. The molecule has 1 saturated heterocycles. The standard InChI is InChI=1S/C23H29ClN6O2S/c1-6-32-19-13-30(23-25-9-10-33-23)12-18(19)27-20-14(2)26-21(29(5)22(20)31)16-8-7-15(28(3)4)11-17(16)24/h7-11,18-19,27H,6,12-13H2,1-5H3. The molecule has 0 radical (unpaired) electrons. The predicted molar refractivity (Wildman–Crippen MR) is 136 cm³/mol. The summed E-state index contributed by atoms with van der Waals surface area (Å²) in [5.74, 6) is 0.538. The number of aromatic nitrogens is 3. The summed E-state index contributed by atoms with van der Waals surface area (Å²) in [4.78, 5) is 26.7. The normalized spacial score (nSPS) is 18.1. The summed E-state index contributed by atoms with van der Waals surface area (Å²) >= 11 is 8.15. The van der Waals surface area contributed by atoms with Gasteiger partial charge < -0.3 is 19.9 Å². The fourth-order valence-corrected chi connectivity index (χ4v) is 5.01. The van der Waals surface area contributed by atoms with Crippen molar-refractivity contribution in [3.05, 3.63) is 50.8 Å². The summed E-state index contributed by atoms with van der Waals surface area (Å²) in [6.45, 7) is 5.84. The van der Waals surface area contributed by atoms with Gasteiger partial charge in [-0.1, -0.05) is 11.6 Å². The second kappa shape index (κ2) is 9.70. The summed E-state index contributed by atoms with van der Waals surface area (Å²) in [7, 11) is 5.64. The number of benzene rings is 1. The van der Waals surface area contributed by atoms with E-state index in [1.807, 2.05) is 56.4 Å². The lowest BCUT2D eigenvalue weighted by molar-refractivity contribution is 0.0720. The number of nitrogens with one attached hydrogen (secondary N) is 1. The zero-order chi connectivity index (χ0) is 23.7. The molecule has 1 N–H and O–H groups in total. The Balaban J connectivity index is 1.64. The molecule has 1 aliphatic rings. The minimum absolute atomic E-state index is 0.0594. The molecule has 8 nitrogen and oxygen atoms in total. The second-order valence-electron chi connectivity index (χ2n) is 8.28. The molecule has 1 aliphatic heterocycles. The molecule has 2 aromatic heterocycles. The molecule has 2 unspecified atom stereocenters. The van der Waals surface area contributed by atoms with E-state index in [4.69, 9.17) is 21.3 Å². The highest BCUT2D eigenvalue weighted by Gasteiger charge is 2.35. The Kier molecular flexibility index (Phi) is 6.92. The van der Waals surface area contributed by atoms with Gasteiger partial charge in [0.2, 0.25) is 0 Å². The molecule has 10 heteroatoms. The number of aryl methyl sites for hydroxylation is 1. The van der Waals surface area contributed by atoms with Gasteiger partial charge in [-0.15, -0.1) is 11.3 Å². The van der Waals surface area contributed by atoms with Gasteiger partial charge in [0.25, 0.3) is 5.56 Å². The molecule has 0 aliphatic carbocycles. The number of anilines is 3. The lowest BCUT2D eigenvalue weighted by atomic mass is 10.1. The largest absolute Gasteiger partial charge is 0.378 e. The molecule has 33 heavy (non-hydrogen) atoms. The van der Waals surface area contributed by atoms with E-state index in [2.05, 4.69) is 15.2 Å². The second-order valence-corrected chi connectivity index (χ2v) is 9.56. The minimum atomic E-state index is -0.145. The van der Waals surface area contributed by atoms with Crippen molar-refractivity contribution in [2.45, 2.75) is 26.0 Å². The Morgan fingerprint density at radius 2 is 2.12 bits per heavy atom. The van der Waals surface area contributed by atoms with Crippen LogP contribution < -0.4 is 20.7 Å². The number of halogens is 1. The van der Waals surface area contributed by atoms with E-state index < -0.39 is 0 Å². The first kappa shape index (κ1) is 23.5. The third-order valence-corrected chi connectivity index (χ3v) is 6.99. The van der Waals surface area contributed by atoms with Crippen LogP contribution in [0.4, 0.5) is 16.5 Å². The number of thiazole rings is 1. The van der Waals surface area contributed by atoms with E-state index >= 15 is 0 Å². The van der Waals surface area contributed by atoms with E-state index in [1.165, 1.54) is 0 Å². The van der Waals surface area contributed by atoms with Crippen molar-refractivity contribution in [3.63, 3.8) is 0 Å². The van der Waals surface area contributed by atoms with Crippen molar-refractivity contribution >= 4 is 39.4 Å². The third-order valence-electron chi connectivity index (χ3n) is 5.85. The van der Waals surface area contributed by atoms with Gasteiger partial charge >= 0.3 is 0 Å². The highest BCUT2D eigenvalue weighted by Crippen LogP contribution is 2.31. The van der Waals surface area contributed by atoms with Crippen molar-refractivity contribution in [3.8, 4) is 11.4 Å². The molecule has 0 amide bonds. The highest BCUT2D eigenvalue weighted by molar-refractivity contribution is 7.13. The van der Waals surface area contributed by atoms with Crippen LogP contribution in [0.25, 0.3) is 11.4 Å². The fraction of sp³-hybridized carbons (Fsp3) is 0.435. The van der Waals surface area contributed by atoms with Gasteiger partial charge in [0.05, 0.1) is 22.9 Å². The Morgan fingerprint density at radius 3 is 2.76 bits per heavy atom. The molecule has 1 fully saturated rings. The average Bonchev–Trinajstić information content (AvgIpc) is 3.44. The van der Waals surface area contributed by atoms with Crippen LogP contribution in [-0.2, 0) is 11.8 Å². The van der Waals surface area contributed by atoms with Gasteiger partial charge in [-0.25, -0.2) is 9.97 Å². The van der Waals surface area contributed by atoms with Crippen LogP contribution in [0.15, 0.2) is 34.6 Å². The zero-order valence-corrected chi connectivity index (χ0v) is 21.1. The number of ether oxygens (including phenoxy) is 1. The molecule has 0 saturated carbocycles. The number of rotatable bonds is 7. The molecule has 4 rings (SSSR count). The van der Waals surface area contributed by atoms with Crippen LogP contribution >= 0.6 is 22.9 Å². The van der Waals surface area contributed by atoms with Crippen LogP contribution in [0.5, 0.6) is 0 Å². The molecule has 2 atom stereocenters. The van der Waals surface area contributed by atoms with Gasteiger partial charge in [-0.2, -0.15) is 0 Å². The van der Waals surface area contributed by atoms with Crippen LogP contribution in [0, 0.1) is 6.92 Å². The minimum Gasteiger partial charge on any atom is -0.378 e. The van der Waals surface area contributed by atoms with Crippen LogP contribution in [-0.4, -0.2) is 60.5 Å². The summed E-state index contributed by atoms with van der Waals surface area (Å²) in [6.07, 6.45) is 1.74. The van der Waals surface area contributed by atoms with Crippen molar-refractivity contribution in [1.29, 1.82) is 0 Å². The monoisotopic (exact) mass is 488 g/mol. The van der Waals surface area contributed by atoms with Crippen molar-refractivity contribution in [2.75, 3.05) is 48.9 Å². The Morgan fingerprint density at radius 1 is 1.33 bits per heavy atom. The maximum atomic E-state index is 13.4. The maximum absolute atomic E-state index is 13.4. The van der Waals surface area contributed by atoms with Gasteiger partial charge in [0.1, 0.15) is 11.5 Å². The Bertz CT molecular complexity index is 1180. The highest BCUT2D eigenvalue weighted by atomic mass is 35.5. The number of nitrogens with zero attached hydrogens (tertiary/aromatic N) is 5. The molecule has 176 valence electrons. The first-order chi connectivity index (χ1) is 15.8. The van der Waals surface area contributed by atoms with E-state index in [0.717, 1.165) is 22.9 Å². The molecule has 0 bridgehead atoms. The topological polar surface area (TPSA) is 75.5 Å². The summed E-state index contributed by atoms with van der Waals surface area (Å²) in [5.41, 5.74) is 2.67. The Hall–Kier alpha value is -2.62. The fourth-order valence-electron chi connectivity index (χ4n) is 4.09. The van der Waals surface area contributed by atoms with Gasteiger partial charge in [0, 0.05) is 63.7 Å². The first-order valence-electron chi connectivity index (χ1n) is 10.9. The van der Waals surface area contributed by atoms with Crippen LogP contribution in [0.1, 0.15) is 12.6 Å². The van der Waals surface area contributed by atoms with Crippen molar-refractivity contribution in [1.82, 2.24) is 14.5 Å². The van der Waals surface area contributed by atoms with Crippen LogP contribution in [0.3, 0.4) is 0 Å². The lowest BCUT2D eigenvalue weighted by Gasteiger charge is -2.22. The molecular formula is C23H29ClN6O2S. The number of hydrogen-bond donors (Lipinski definition) is 1. The third kappa shape index (κ3) is 4.71. The van der Waals surface area contributed by atoms with Gasteiger partial charge in [-0.05, 0) is 32.0 Å². The molecule has 3 aromatic rings. The van der Waals surface area contributed by atoms with E-state index in [9.17, 15) is 4.79 Å². The summed E-state index contributed by atoms with van der Waals surface area (Å²) in [6, 6.07) is 5.69. The molecule has 1 aromatic carbocycles. The van der Waals surface area contributed by atoms with Gasteiger partial charge in [-0.3, -0.25) is 9.36 Å². The quantitative estimate of drug-likeness (QED) is 0.544. The smallest absolute Gasteiger partial charge is 0.277 e. The van der Waals surface area contributed by atoms with E-state index in [1.54, 1.807) is 29.1 Å². The van der Waals surface area contributed by atoms with E-state index in [-0.39, 0.29) is 17.7 Å². The Labute approximate surface area is 202 Å². The SMILES string of the molecule is CCOC1CN(c2nccs2)CC1Nc1c(C)nc(-c2ccc(N(C)C)cc2Cl)n(C)c1=O. The average molecular weight is 489 g/mol. The molecular weight excluding hydrogens is 460 g/mol. The van der Waals surface area contributed by atoms with Crippen LogP contribution in [0.2, 0.25) is 5.02 Å². The summed E-state index contributed by atoms with van der Waals surface area (Å²) < 4.78 is 7.54. The first-order valence-corrected chi connectivity index (χ1v) is 12.1. The predicted octanol–water partition coefficient (Wildman–Crippen LogP) is 3.64. The zero-order valence-electron chi connectivity index (χ0n) is 19.5. The number of hydrogen-bond acceptors (Lipinski definition) is 8. The van der Waals surface area contributed by atoms with Gasteiger partial charge in [0.15, 0.2) is 5.13 Å². The molecule has 0 spiro atoms.